The highest BCUT2D eigenvalue weighted by Gasteiger charge is 2.31. The Morgan fingerprint density at radius 2 is 1.83 bits per heavy atom. The molecule has 0 bridgehead atoms. The molecule has 0 radical (unpaired) electrons. The molecule has 2 aromatic carbocycles. The van der Waals surface area contributed by atoms with Crippen molar-refractivity contribution in [3.8, 4) is 11.4 Å². The summed E-state index contributed by atoms with van der Waals surface area (Å²) < 4.78 is 57.3. The Bertz CT molecular complexity index is 1140. The van der Waals surface area contributed by atoms with Crippen molar-refractivity contribution < 1.29 is 26.9 Å². The second kappa shape index (κ2) is 10.4. The lowest BCUT2D eigenvalue weighted by molar-refractivity contribution is -0.137. The summed E-state index contributed by atoms with van der Waals surface area (Å²) in [6, 6.07) is 10.5. The fraction of sp³-hybridized carbons (Fsp3) is 0.375. The highest BCUT2D eigenvalue weighted by Crippen LogP contribution is 2.32. The van der Waals surface area contributed by atoms with Gasteiger partial charge in [-0.3, -0.25) is 4.90 Å². The summed E-state index contributed by atoms with van der Waals surface area (Å²) in [7, 11) is 0. The molecule has 186 valence electrons. The van der Waals surface area contributed by atoms with Crippen molar-refractivity contribution >= 4 is 6.03 Å². The molecule has 35 heavy (non-hydrogen) atoms. The quantitative estimate of drug-likeness (QED) is 0.513. The Hall–Kier alpha value is -3.47. The van der Waals surface area contributed by atoms with Gasteiger partial charge in [-0.25, -0.2) is 9.18 Å². The number of alkyl halides is 3. The number of piperazine rings is 1. The average Bonchev–Trinajstić information content (AvgIpc) is 3.35. The van der Waals surface area contributed by atoms with Crippen LogP contribution < -0.4 is 5.32 Å². The van der Waals surface area contributed by atoms with E-state index in [0.717, 1.165) is 17.7 Å². The van der Waals surface area contributed by atoms with Crippen LogP contribution in [0.15, 0.2) is 53.1 Å². The monoisotopic (exact) mass is 491 g/mol. The van der Waals surface area contributed by atoms with Gasteiger partial charge in [-0.05, 0) is 43.2 Å². The first-order chi connectivity index (χ1) is 16.7. The number of hydrogen-bond donors (Lipinski definition) is 1. The minimum absolute atomic E-state index is 0.0946. The number of hydrogen-bond acceptors (Lipinski definition) is 5. The van der Waals surface area contributed by atoms with Crippen LogP contribution in [0.2, 0.25) is 0 Å². The molecule has 4 rings (SSSR count). The third kappa shape index (κ3) is 6.16. The molecule has 0 saturated carbocycles. The van der Waals surface area contributed by atoms with E-state index in [4.69, 9.17) is 4.52 Å². The molecule has 1 aromatic heterocycles. The second-order valence-corrected chi connectivity index (χ2v) is 8.34. The SMILES string of the molecule is C[C@H](c1nc(-c2cccc(C(F)(F)F)c2)no1)N1CCN(C(=O)NCCc2ccc(F)cc2)CC1. The van der Waals surface area contributed by atoms with E-state index in [1.807, 2.05) is 6.92 Å². The Kier molecular flexibility index (Phi) is 7.34. The Morgan fingerprint density at radius 3 is 2.51 bits per heavy atom. The van der Waals surface area contributed by atoms with Crippen molar-refractivity contribution in [2.24, 2.45) is 0 Å². The molecule has 7 nitrogen and oxygen atoms in total. The molecular weight excluding hydrogens is 466 g/mol. The van der Waals surface area contributed by atoms with Crippen LogP contribution in [0, 0.1) is 5.82 Å². The standard InChI is InChI=1S/C24H25F4N5O2/c1-16(22-30-21(31-35-22)18-3-2-4-19(15-18)24(26,27)28)32-11-13-33(14-12-32)23(34)29-10-9-17-5-7-20(25)8-6-17/h2-8,15-16H,9-14H2,1H3,(H,29,34)/t16-/m1/s1. The number of nitrogens with one attached hydrogen (secondary N) is 1. The lowest BCUT2D eigenvalue weighted by Crippen LogP contribution is -2.52. The highest BCUT2D eigenvalue weighted by molar-refractivity contribution is 5.74. The van der Waals surface area contributed by atoms with Gasteiger partial charge in [-0.2, -0.15) is 18.2 Å². The van der Waals surface area contributed by atoms with Gasteiger partial charge in [0.25, 0.3) is 0 Å². The number of aromatic nitrogens is 2. The number of amides is 2. The maximum Gasteiger partial charge on any atom is 0.416 e. The first kappa shape index (κ1) is 24.6. The third-order valence-corrected chi connectivity index (χ3v) is 6.00. The first-order valence-corrected chi connectivity index (χ1v) is 11.2. The zero-order chi connectivity index (χ0) is 25.0. The maximum atomic E-state index is 13.0. The van der Waals surface area contributed by atoms with Gasteiger partial charge < -0.3 is 14.7 Å². The topological polar surface area (TPSA) is 74.5 Å². The van der Waals surface area contributed by atoms with Crippen molar-refractivity contribution in [2.45, 2.75) is 25.6 Å². The van der Waals surface area contributed by atoms with E-state index in [2.05, 4.69) is 20.4 Å². The van der Waals surface area contributed by atoms with Crippen molar-refractivity contribution in [2.75, 3.05) is 32.7 Å². The maximum absolute atomic E-state index is 13.0. The smallest absolute Gasteiger partial charge is 0.338 e. The average molecular weight is 491 g/mol. The van der Waals surface area contributed by atoms with Crippen LogP contribution in [0.5, 0.6) is 0 Å². The van der Waals surface area contributed by atoms with Crippen LogP contribution in [0.4, 0.5) is 22.4 Å². The number of nitrogens with zero attached hydrogens (tertiary/aromatic N) is 4. The summed E-state index contributed by atoms with van der Waals surface area (Å²) in [4.78, 5) is 20.6. The van der Waals surface area contributed by atoms with E-state index in [9.17, 15) is 22.4 Å². The van der Waals surface area contributed by atoms with Crippen molar-refractivity contribution in [1.29, 1.82) is 0 Å². The number of rotatable bonds is 6. The van der Waals surface area contributed by atoms with Gasteiger partial charge in [0.15, 0.2) is 0 Å². The largest absolute Gasteiger partial charge is 0.416 e. The van der Waals surface area contributed by atoms with Gasteiger partial charge in [0.05, 0.1) is 11.6 Å². The van der Waals surface area contributed by atoms with Crippen molar-refractivity contribution in [3.63, 3.8) is 0 Å². The van der Waals surface area contributed by atoms with Crippen molar-refractivity contribution in [1.82, 2.24) is 25.3 Å². The molecule has 2 heterocycles. The molecular formula is C24H25F4N5O2. The Balaban J connectivity index is 1.28. The summed E-state index contributed by atoms with van der Waals surface area (Å²) in [6.45, 7) is 4.48. The summed E-state index contributed by atoms with van der Waals surface area (Å²) >= 11 is 0. The Morgan fingerprint density at radius 1 is 1.11 bits per heavy atom. The molecule has 0 aliphatic carbocycles. The molecule has 1 aliphatic rings. The van der Waals surface area contributed by atoms with E-state index in [1.54, 1.807) is 17.0 Å². The van der Waals surface area contributed by atoms with Crippen LogP contribution in [-0.4, -0.2) is 58.7 Å². The summed E-state index contributed by atoms with van der Waals surface area (Å²) in [5.74, 6) is 0.101. The number of carbonyl (C=O) groups excluding carboxylic acids is 1. The zero-order valence-electron chi connectivity index (χ0n) is 19.1. The van der Waals surface area contributed by atoms with Crippen molar-refractivity contribution in [3.05, 3.63) is 71.4 Å². The lowest BCUT2D eigenvalue weighted by Gasteiger charge is -2.36. The van der Waals surface area contributed by atoms with Crippen LogP contribution >= 0.6 is 0 Å². The first-order valence-electron chi connectivity index (χ1n) is 11.2. The molecule has 11 heteroatoms. The summed E-state index contributed by atoms with van der Waals surface area (Å²) in [5.41, 5.74) is 0.389. The van der Waals surface area contributed by atoms with Crippen LogP contribution in [0.1, 0.15) is 30.0 Å². The Labute approximate surface area is 199 Å². The number of carbonyl (C=O) groups is 1. The number of urea groups is 1. The predicted molar refractivity (Wildman–Crippen MR) is 120 cm³/mol. The highest BCUT2D eigenvalue weighted by atomic mass is 19.4. The fourth-order valence-electron chi connectivity index (χ4n) is 3.90. The van der Waals surface area contributed by atoms with Gasteiger partial charge >= 0.3 is 12.2 Å². The van der Waals surface area contributed by atoms with Gasteiger partial charge in [0.2, 0.25) is 11.7 Å². The molecule has 3 aromatic rings. The molecule has 1 N–H and O–H groups in total. The minimum Gasteiger partial charge on any atom is -0.338 e. The summed E-state index contributed by atoms with van der Waals surface area (Å²) in [5, 5.41) is 6.74. The summed E-state index contributed by atoms with van der Waals surface area (Å²) in [6.07, 6.45) is -3.85. The van der Waals surface area contributed by atoms with Crippen LogP contribution in [0.25, 0.3) is 11.4 Å². The van der Waals surface area contributed by atoms with Gasteiger partial charge in [0.1, 0.15) is 5.82 Å². The van der Waals surface area contributed by atoms with Crippen LogP contribution in [0.3, 0.4) is 0 Å². The molecule has 2 amide bonds. The normalized spacial score (nSPS) is 15.7. The molecule has 1 aliphatic heterocycles. The van der Waals surface area contributed by atoms with E-state index < -0.39 is 11.7 Å². The van der Waals surface area contributed by atoms with E-state index >= 15 is 0 Å². The van der Waals surface area contributed by atoms with Gasteiger partial charge in [-0.1, -0.05) is 29.4 Å². The molecule has 0 unspecified atom stereocenters. The molecule has 1 atom stereocenters. The third-order valence-electron chi connectivity index (χ3n) is 6.00. The predicted octanol–water partition coefficient (Wildman–Crippen LogP) is 4.53. The van der Waals surface area contributed by atoms with Gasteiger partial charge in [-0.15, -0.1) is 0 Å². The lowest BCUT2D eigenvalue weighted by atomic mass is 10.1. The van der Waals surface area contributed by atoms with Gasteiger partial charge in [0, 0.05) is 38.3 Å². The zero-order valence-corrected chi connectivity index (χ0v) is 19.1. The molecule has 1 fully saturated rings. The van der Waals surface area contributed by atoms with E-state index in [1.165, 1.54) is 24.3 Å². The minimum atomic E-state index is -4.46. The number of halogens is 4. The second-order valence-electron chi connectivity index (χ2n) is 8.34. The fourth-order valence-corrected chi connectivity index (χ4v) is 3.90. The molecule has 0 spiro atoms. The molecule has 1 saturated heterocycles. The van der Waals surface area contributed by atoms with E-state index in [0.29, 0.717) is 45.0 Å². The number of benzene rings is 2. The van der Waals surface area contributed by atoms with Crippen LogP contribution in [-0.2, 0) is 12.6 Å². The van der Waals surface area contributed by atoms with E-state index in [-0.39, 0.29) is 29.3 Å².